The Balaban J connectivity index is 1.25. The fraction of sp³-hybridized carbons (Fsp3) is 0.174. The number of ether oxygens (including phenoxy) is 1. The lowest BCUT2D eigenvalue weighted by atomic mass is 10.1. The van der Waals surface area contributed by atoms with Gasteiger partial charge in [-0.1, -0.05) is 18.2 Å². The number of hydrogen-bond donors (Lipinski definition) is 1. The van der Waals surface area contributed by atoms with Crippen LogP contribution in [0.5, 0.6) is 5.88 Å². The van der Waals surface area contributed by atoms with Gasteiger partial charge in [0, 0.05) is 30.0 Å². The first-order valence-electron chi connectivity index (χ1n) is 9.79. The lowest BCUT2D eigenvalue weighted by Gasteiger charge is -2.16. The van der Waals surface area contributed by atoms with Gasteiger partial charge in [-0.05, 0) is 42.5 Å². The van der Waals surface area contributed by atoms with Gasteiger partial charge >= 0.3 is 0 Å². The molecule has 30 heavy (non-hydrogen) atoms. The highest BCUT2D eigenvalue weighted by Gasteiger charge is 2.29. The Bertz CT molecular complexity index is 1210. The fourth-order valence-electron chi connectivity index (χ4n) is 3.66. The number of aromatic amines is 1. The molecule has 3 heterocycles. The number of nitrogens with zero attached hydrogens (tertiary/aromatic N) is 3. The number of benzene rings is 2. The predicted molar refractivity (Wildman–Crippen MR) is 111 cm³/mol. The van der Waals surface area contributed by atoms with E-state index in [1.165, 1.54) is 12.1 Å². The normalized spacial score (nSPS) is 16.2. The molecule has 1 amide bonds. The SMILES string of the molecule is O=C(c1cc(-c2ccc(F)cc2)n[nH]1)N1CCC(Oc2ccc3ccccc3n2)C1. The first kappa shape index (κ1) is 18.3. The minimum absolute atomic E-state index is 0.109. The van der Waals surface area contributed by atoms with Gasteiger partial charge in [-0.3, -0.25) is 9.89 Å². The van der Waals surface area contributed by atoms with Crippen molar-refractivity contribution in [3.63, 3.8) is 0 Å². The van der Waals surface area contributed by atoms with Gasteiger partial charge in [0.25, 0.3) is 5.91 Å². The molecule has 6 nitrogen and oxygen atoms in total. The second-order valence-electron chi connectivity index (χ2n) is 7.30. The number of likely N-dealkylation sites (tertiary alicyclic amines) is 1. The molecule has 5 rings (SSSR count). The molecule has 2 aromatic heterocycles. The summed E-state index contributed by atoms with van der Waals surface area (Å²) in [7, 11) is 0. The highest BCUT2D eigenvalue weighted by Crippen LogP contribution is 2.23. The molecule has 1 aliphatic rings. The summed E-state index contributed by atoms with van der Waals surface area (Å²) >= 11 is 0. The molecule has 0 spiro atoms. The van der Waals surface area contributed by atoms with Crippen LogP contribution in [0.4, 0.5) is 4.39 Å². The Morgan fingerprint density at radius 1 is 1.10 bits per heavy atom. The highest BCUT2D eigenvalue weighted by molar-refractivity contribution is 5.93. The molecular weight excluding hydrogens is 383 g/mol. The molecule has 150 valence electrons. The first-order valence-corrected chi connectivity index (χ1v) is 9.79. The highest BCUT2D eigenvalue weighted by atomic mass is 19.1. The molecule has 0 radical (unpaired) electrons. The summed E-state index contributed by atoms with van der Waals surface area (Å²) in [6, 6.07) is 19.4. The second kappa shape index (κ2) is 7.59. The summed E-state index contributed by atoms with van der Waals surface area (Å²) in [6.45, 7) is 1.08. The number of para-hydroxylation sites is 1. The Morgan fingerprint density at radius 2 is 1.93 bits per heavy atom. The smallest absolute Gasteiger partial charge is 0.272 e. The Labute approximate surface area is 172 Å². The maximum absolute atomic E-state index is 13.1. The van der Waals surface area contributed by atoms with Crippen molar-refractivity contribution in [2.45, 2.75) is 12.5 Å². The van der Waals surface area contributed by atoms with Crippen molar-refractivity contribution >= 4 is 16.8 Å². The van der Waals surface area contributed by atoms with E-state index in [2.05, 4.69) is 15.2 Å². The van der Waals surface area contributed by atoms with E-state index >= 15 is 0 Å². The van der Waals surface area contributed by atoms with Crippen LogP contribution in [0.25, 0.3) is 22.2 Å². The summed E-state index contributed by atoms with van der Waals surface area (Å²) < 4.78 is 19.1. The zero-order valence-corrected chi connectivity index (χ0v) is 16.1. The van der Waals surface area contributed by atoms with E-state index in [-0.39, 0.29) is 17.8 Å². The molecule has 0 bridgehead atoms. The van der Waals surface area contributed by atoms with Crippen molar-refractivity contribution in [3.8, 4) is 17.1 Å². The van der Waals surface area contributed by atoms with Crippen molar-refractivity contribution in [3.05, 3.63) is 78.2 Å². The van der Waals surface area contributed by atoms with Crippen LogP contribution < -0.4 is 4.74 Å². The number of nitrogens with one attached hydrogen (secondary N) is 1. The average molecular weight is 402 g/mol. The number of pyridine rings is 1. The molecule has 1 saturated heterocycles. The van der Waals surface area contributed by atoms with Crippen molar-refractivity contribution in [2.75, 3.05) is 13.1 Å². The Kier molecular flexibility index (Phi) is 4.63. The first-order chi connectivity index (χ1) is 14.7. The van der Waals surface area contributed by atoms with E-state index in [9.17, 15) is 9.18 Å². The van der Waals surface area contributed by atoms with E-state index in [4.69, 9.17) is 4.74 Å². The summed E-state index contributed by atoms with van der Waals surface area (Å²) in [5, 5.41) is 8.04. The molecule has 0 saturated carbocycles. The molecule has 1 unspecified atom stereocenters. The van der Waals surface area contributed by atoms with Crippen LogP contribution in [0, 0.1) is 5.82 Å². The van der Waals surface area contributed by atoms with Crippen LogP contribution in [-0.2, 0) is 0 Å². The van der Waals surface area contributed by atoms with Crippen LogP contribution in [0.1, 0.15) is 16.9 Å². The van der Waals surface area contributed by atoms with Gasteiger partial charge in [-0.25, -0.2) is 9.37 Å². The van der Waals surface area contributed by atoms with Gasteiger partial charge in [-0.15, -0.1) is 0 Å². The monoisotopic (exact) mass is 402 g/mol. The standard InChI is InChI=1S/C23H19FN4O2/c24-17-8-5-16(6-9-17)20-13-21(27-26-20)23(29)28-12-11-18(14-28)30-22-10-7-15-3-1-2-4-19(15)25-22/h1-10,13,18H,11-12,14H2,(H,26,27). The van der Waals surface area contributed by atoms with E-state index < -0.39 is 0 Å². The molecule has 1 atom stereocenters. The van der Waals surface area contributed by atoms with E-state index in [1.54, 1.807) is 23.1 Å². The maximum atomic E-state index is 13.1. The second-order valence-corrected chi connectivity index (χ2v) is 7.30. The maximum Gasteiger partial charge on any atom is 0.272 e. The quantitative estimate of drug-likeness (QED) is 0.559. The third kappa shape index (κ3) is 3.61. The predicted octanol–water partition coefficient (Wildman–Crippen LogP) is 4.06. The molecular formula is C23H19FN4O2. The van der Waals surface area contributed by atoms with E-state index in [0.29, 0.717) is 30.4 Å². The number of halogens is 1. The number of amides is 1. The van der Waals surface area contributed by atoms with Gasteiger partial charge < -0.3 is 9.64 Å². The Hall–Kier alpha value is -3.74. The fourth-order valence-corrected chi connectivity index (χ4v) is 3.66. The molecule has 7 heteroatoms. The number of hydrogen-bond acceptors (Lipinski definition) is 4. The summed E-state index contributed by atoms with van der Waals surface area (Å²) in [5.74, 6) is 0.121. The minimum atomic E-state index is -0.311. The zero-order valence-electron chi connectivity index (χ0n) is 16.1. The summed E-state index contributed by atoms with van der Waals surface area (Å²) in [6.07, 6.45) is 0.626. The van der Waals surface area contributed by atoms with Gasteiger partial charge in [0.05, 0.1) is 17.8 Å². The average Bonchev–Trinajstić information content (AvgIpc) is 3.44. The minimum Gasteiger partial charge on any atom is -0.472 e. The van der Waals surface area contributed by atoms with E-state index in [1.807, 2.05) is 36.4 Å². The largest absolute Gasteiger partial charge is 0.472 e. The number of carbonyl (C=O) groups is 1. The van der Waals surface area contributed by atoms with E-state index in [0.717, 1.165) is 22.9 Å². The Morgan fingerprint density at radius 3 is 2.80 bits per heavy atom. The molecule has 4 aromatic rings. The van der Waals surface area contributed by atoms with Crippen LogP contribution in [-0.4, -0.2) is 45.2 Å². The zero-order chi connectivity index (χ0) is 20.5. The molecule has 2 aromatic carbocycles. The molecule has 0 aliphatic carbocycles. The van der Waals surface area contributed by atoms with Crippen LogP contribution >= 0.6 is 0 Å². The molecule has 1 N–H and O–H groups in total. The third-order valence-electron chi connectivity index (χ3n) is 5.24. The lowest BCUT2D eigenvalue weighted by Crippen LogP contribution is -2.31. The number of fused-ring (bicyclic) bond motifs is 1. The topological polar surface area (TPSA) is 71.1 Å². The van der Waals surface area contributed by atoms with Crippen molar-refractivity contribution < 1.29 is 13.9 Å². The number of rotatable bonds is 4. The van der Waals surface area contributed by atoms with Gasteiger partial charge in [0.15, 0.2) is 0 Å². The lowest BCUT2D eigenvalue weighted by molar-refractivity contribution is 0.0765. The van der Waals surface area contributed by atoms with Crippen LogP contribution in [0.3, 0.4) is 0 Å². The number of aromatic nitrogens is 3. The van der Waals surface area contributed by atoms with Crippen molar-refractivity contribution in [2.24, 2.45) is 0 Å². The number of H-pyrrole nitrogens is 1. The van der Waals surface area contributed by atoms with Gasteiger partial charge in [-0.2, -0.15) is 5.10 Å². The van der Waals surface area contributed by atoms with Gasteiger partial charge in [0.2, 0.25) is 5.88 Å². The van der Waals surface area contributed by atoms with Gasteiger partial charge in [0.1, 0.15) is 17.6 Å². The number of carbonyl (C=O) groups excluding carboxylic acids is 1. The van der Waals surface area contributed by atoms with Crippen molar-refractivity contribution in [1.29, 1.82) is 0 Å². The molecule has 1 fully saturated rings. The summed E-state index contributed by atoms with van der Waals surface area (Å²) in [4.78, 5) is 19.1. The molecule has 1 aliphatic heterocycles. The van der Waals surface area contributed by atoms with Crippen LogP contribution in [0.2, 0.25) is 0 Å². The summed E-state index contributed by atoms with van der Waals surface area (Å²) in [5.41, 5.74) is 2.63. The third-order valence-corrected chi connectivity index (χ3v) is 5.24. The van der Waals surface area contributed by atoms with Crippen LogP contribution in [0.15, 0.2) is 66.7 Å². The van der Waals surface area contributed by atoms with Crippen molar-refractivity contribution in [1.82, 2.24) is 20.1 Å².